The van der Waals surface area contributed by atoms with Crippen molar-refractivity contribution in [2.24, 2.45) is 5.73 Å². The van der Waals surface area contributed by atoms with Gasteiger partial charge in [0.25, 0.3) is 0 Å². The minimum absolute atomic E-state index is 0.196. The SMILES string of the molecule is CC(CC(=N)N)N(C)Cc1cc(Cl)ccc1Cl. The summed E-state index contributed by atoms with van der Waals surface area (Å²) < 4.78 is 0. The van der Waals surface area contributed by atoms with Crippen LogP contribution >= 0.6 is 23.2 Å². The fourth-order valence-corrected chi connectivity index (χ4v) is 1.94. The molecular weight excluding hydrogens is 257 g/mol. The number of nitrogens with zero attached hydrogens (tertiary/aromatic N) is 1. The van der Waals surface area contributed by atoms with Gasteiger partial charge in [0.2, 0.25) is 0 Å². The number of rotatable bonds is 5. The van der Waals surface area contributed by atoms with E-state index in [4.69, 9.17) is 34.3 Å². The lowest BCUT2D eigenvalue weighted by Crippen LogP contribution is -2.32. The van der Waals surface area contributed by atoms with Crippen molar-refractivity contribution in [1.29, 1.82) is 5.41 Å². The summed E-state index contributed by atoms with van der Waals surface area (Å²) in [6.07, 6.45) is 0.550. The number of amidine groups is 1. The van der Waals surface area contributed by atoms with Gasteiger partial charge in [-0.3, -0.25) is 10.3 Å². The van der Waals surface area contributed by atoms with E-state index in [1.54, 1.807) is 12.1 Å². The Kier molecular flexibility index (Phi) is 5.25. The molecule has 94 valence electrons. The second-order valence-corrected chi connectivity index (χ2v) is 5.07. The van der Waals surface area contributed by atoms with E-state index < -0.39 is 0 Å². The Hall–Kier alpha value is -0.770. The van der Waals surface area contributed by atoms with E-state index in [-0.39, 0.29) is 11.9 Å². The molecular formula is C12H17Cl2N3. The molecule has 0 heterocycles. The van der Waals surface area contributed by atoms with Crippen LogP contribution in [0, 0.1) is 5.41 Å². The zero-order valence-electron chi connectivity index (χ0n) is 10.0. The van der Waals surface area contributed by atoms with Gasteiger partial charge in [-0.15, -0.1) is 0 Å². The Morgan fingerprint density at radius 3 is 2.71 bits per heavy atom. The molecule has 0 fully saturated rings. The first kappa shape index (κ1) is 14.3. The van der Waals surface area contributed by atoms with Gasteiger partial charge >= 0.3 is 0 Å². The van der Waals surface area contributed by atoms with Crippen LogP contribution in [0.1, 0.15) is 18.9 Å². The number of halogens is 2. The maximum atomic E-state index is 7.28. The number of hydrogen-bond donors (Lipinski definition) is 2. The lowest BCUT2D eigenvalue weighted by atomic mass is 10.1. The van der Waals surface area contributed by atoms with Crippen molar-refractivity contribution in [3.8, 4) is 0 Å². The minimum atomic E-state index is 0.196. The van der Waals surface area contributed by atoms with E-state index >= 15 is 0 Å². The first-order valence-corrected chi connectivity index (χ1v) is 6.12. The summed E-state index contributed by atoms with van der Waals surface area (Å²) in [7, 11) is 1.98. The van der Waals surface area contributed by atoms with E-state index in [9.17, 15) is 0 Å². The van der Waals surface area contributed by atoms with Crippen LogP contribution in [0.5, 0.6) is 0 Å². The first-order valence-electron chi connectivity index (χ1n) is 5.37. The third-order valence-corrected chi connectivity index (χ3v) is 3.30. The van der Waals surface area contributed by atoms with Crippen molar-refractivity contribution in [3.05, 3.63) is 33.8 Å². The number of hydrogen-bond acceptors (Lipinski definition) is 2. The highest BCUT2D eigenvalue weighted by Gasteiger charge is 2.12. The largest absolute Gasteiger partial charge is 0.388 e. The van der Waals surface area contributed by atoms with Gasteiger partial charge in [0.1, 0.15) is 0 Å². The molecule has 0 radical (unpaired) electrons. The molecule has 1 rings (SSSR count). The summed E-state index contributed by atoms with van der Waals surface area (Å²) in [5.74, 6) is 0.196. The first-order chi connectivity index (χ1) is 7.90. The van der Waals surface area contributed by atoms with Crippen molar-refractivity contribution in [2.75, 3.05) is 7.05 Å². The van der Waals surface area contributed by atoms with E-state index in [2.05, 4.69) is 4.90 Å². The van der Waals surface area contributed by atoms with Gasteiger partial charge in [0, 0.05) is 29.1 Å². The Balaban J connectivity index is 2.70. The molecule has 3 nitrogen and oxygen atoms in total. The van der Waals surface area contributed by atoms with E-state index in [1.807, 2.05) is 20.0 Å². The third kappa shape index (κ3) is 4.54. The molecule has 1 atom stereocenters. The molecule has 5 heteroatoms. The second kappa shape index (κ2) is 6.24. The van der Waals surface area contributed by atoms with Gasteiger partial charge in [0.05, 0.1) is 5.84 Å². The van der Waals surface area contributed by atoms with Crippen molar-refractivity contribution < 1.29 is 0 Å². The quantitative estimate of drug-likeness (QED) is 0.640. The fraction of sp³-hybridized carbons (Fsp3) is 0.417. The van der Waals surface area contributed by atoms with Gasteiger partial charge < -0.3 is 5.73 Å². The summed E-state index contributed by atoms with van der Waals surface area (Å²) >= 11 is 12.0. The van der Waals surface area contributed by atoms with Gasteiger partial charge in [-0.2, -0.15) is 0 Å². The molecule has 0 saturated heterocycles. The third-order valence-electron chi connectivity index (χ3n) is 2.70. The van der Waals surface area contributed by atoms with E-state index in [1.165, 1.54) is 0 Å². The average Bonchev–Trinajstić information content (AvgIpc) is 2.22. The van der Waals surface area contributed by atoms with Crippen LogP contribution in [-0.4, -0.2) is 23.8 Å². The molecule has 0 aliphatic rings. The smallest absolute Gasteiger partial charge is 0.0920 e. The average molecular weight is 274 g/mol. The summed E-state index contributed by atoms with van der Waals surface area (Å²) in [4.78, 5) is 2.10. The van der Waals surface area contributed by atoms with Crippen LogP contribution in [0.2, 0.25) is 10.0 Å². The number of benzene rings is 1. The highest BCUT2D eigenvalue weighted by Crippen LogP contribution is 2.22. The van der Waals surface area contributed by atoms with Gasteiger partial charge in [-0.25, -0.2) is 0 Å². The zero-order chi connectivity index (χ0) is 13.0. The number of nitrogens with one attached hydrogen (secondary N) is 1. The normalized spacial score (nSPS) is 12.8. The maximum absolute atomic E-state index is 7.28. The molecule has 0 saturated carbocycles. The molecule has 1 aromatic carbocycles. The summed E-state index contributed by atoms with van der Waals surface area (Å²) in [5, 5.41) is 8.66. The van der Waals surface area contributed by atoms with Crippen LogP contribution in [0.4, 0.5) is 0 Å². The molecule has 0 aliphatic heterocycles. The molecule has 0 spiro atoms. The minimum Gasteiger partial charge on any atom is -0.388 e. The second-order valence-electron chi connectivity index (χ2n) is 4.23. The predicted octanol–water partition coefficient (Wildman–Crippen LogP) is 3.14. The Morgan fingerprint density at radius 2 is 2.12 bits per heavy atom. The highest BCUT2D eigenvalue weighted by molar-refractivity contribution is 6.33. The monoisotopic (exact) mass is 273 g/mol. The molecule has 1 aromatic rings. The van der Waals surface area contributed by atoms with Crippen molar-refractivity contribution >= 4 is 29.0 Å². The molecule has 0 aromatic heterocycles. The lowest BCUT2D eigenvalue weighted by molar-refractivity contribution is 0.254. The van der Waals surface area contributed by atoms with Gasteiger partial charge in [0.15, 0.2) is 0 Å². The molecule has 0 aliphatic carbocycles. The summed E-state index contributed by atoms with van der Waals surface area (Å²) in [6, 6.07) is 5.62. The summed E-state index contributed by atoms with van der Waals surface area (Å²) in [5.41, 5.74) is 6.37. The Bertz CT molecular complexity index is 407. The summed E-state index contributed by atoms with van der Waals surface area (Å²) in [6.45, 7) is 2.72. The van der Waals surface area contributed by atoms with Crippen LogP contribution in [-0.2, 0) is 6.54 Å². The molecule has 0 bridgehead atoms. The van der Waals surface area contributed by atoms with E-state index in [0.717, 1.165) is 5.56 Å². The van der Waals surface area contributed by atoms with Crippen molar-refractivity contribution in [2.45, 2.75) is 25.9 Å². The van der Waals surface area contributed by atoms with Crippen molar-refractivity contribution in [1.82, 2.24) is 4.90 Å². The van der Waals surface area contributed by atoms with Crippen LogP contribution in [0.25, 0.3) is 0 Å². The molecule has 3 N–H and O–H groups in total. The molecule has 17 heavy (non-hydrogen) atoms. The van der Waals surface area contributed by atoms with Crippen LogP contribution in [0.15, 0.2) is 18.2 Å². The maximum Gasteiger partial charge on any atom is 0.0920 e. The zero-order valence-corrected chi connectivity index (χ0v) is 11.5. The topological polar surface area (TPSA) is 53.1 Å². The molecule has 1 unspecified atom stereocenters. The van der Waals surface area contributed by atoms with Crippen molar-refractivity contribution in [3.63, 3.8) is 0 Å². The predicted molar refractivity (Wildman–Crippen MR) is 73.9 cm³/mol. The Labute approximate surface area is 112 Å². The Morgan fingerprint density at radius 1 is 1.47 bits per heavy atom. The highest BCUT2D eigenvalue weighted by atomic mass is 35.5. The lowest BCUT2D eigenvalue weighted by Gasteiger charge is -2.24. The fourth-order valence-electron chi connectivity index (χ4n) is 1.56. The van der Waals surface area contributed by atoms with Gasteiger partial charge in [-0.05, 0) is 37.7 Å². The van der Waals surface area contributed by atoms with Crippen LogP contribution in [0.3, 0.4) is 0 Å². The van der Waals surface area contributed by atoms with Crippen LogP contribution < -0.4 is 5.73 Å². The molecule has 0 amide bonds. The number of nitrogens with two attached hydrogens (primary N) is 1. The van der Waals surface area contributed by atoms with E-state index in [0.29, 0.717) is 23.0 Å². The van der Waals surface area contributed by atoms with Gasteiger partial charge in [-0.1, -0.05) is 23.2 Å². The standard InChI is InChI=1S/C12H17Cl2N3/c1-8(5-12(15)16)17(2)7-9-6-10(13)3-4-11(9)14/h3-4,6,8H,5,7H2,1-2H3,(H3,15,16).